The molecule has 7 heteroatoms. The maximum absolute atomic E-state index is 12.4. The van der Waals surface area contributed by atoms with Crippen molar-refractivity contribution in [2.75, 3.05) is 13.2 Å². The van der Waals surface area contributed by atoms with Gasteiger partial charge in [-0.1, -0.05) is 0 Å². The fourth-order valence-electron chi connectivity index (χ4n) is 3.21. The molecule has 2 aromatic rings. The molecule has 152 valence electrons. The van der Waals surface area contributed by atoms with Crippen molar-refractivity contribution < 1.29 is 14.3 Å². The molecule has 1 amide bonds. The zero-order valence-corrected chi connectivity index (χ0v) is 17.1. The summed E-state index contributed by atoms with van der Waals surface area (Å²) in [6.45, 7) is 6.07. The fourth-order valence-corrected chi connectivity index (χ4v) is 3.21. The summed E-state index contributed by atoms with van der Waals surface area (Å²) in [5.41, 5.74) is 0.960. The Morgan fingerprint density at radius 1 is 1.25 bits per heavy atom. The van der Waals surface area contributed by atoms with Crippen molar-refractivity contribution in [3.05, 3.63) is 48.2 Å². The second-order valence-corrected chi connectivity index (χ2v) is 6.80. The molecule has 0 unspecified atom stereocenters. The molecule has 0 spiro atoms. The van der Waals surface area contributed by atoms with Crippen molar-refractivity contribution in [3.63, 3.8) is 0 Å². The maximum Gasteiger partial charge on any atom is 0.223 e. The molecule has 0 aliphatic carbocycles. The number of amides is 1. The lowest BCUT2D eigenvalue weighted by Gasteiger charge is -2.27. The number of hydrogen-bond donors (Lipinski definition) is 2. The number of nitrogens with zero attached hydrogens (tertiary/aromatic N) is 1. The molecule has 2 N–H and O–H groups in total. The van der Waals surface area contributed by atoms with E-state index in [1.54, 1.807) is 6.20 Å². The smallest absolute Gasteiger partial charge is 0.223 e. The number of halogens is 1. The van der Waals surface area contributed by atoms with E-state index in [4.69, 9.17) is 9.47 Å². The lowest BCUT2D eigenvalue weighted by atomic mass is 9.92. The zero-order valence-electron chi connectivity index (χ0n) is 16.3. The maximum atomic E-state index is 12.4. The van der Waals surface area contributed by atoms with E-state index >= 15 is 0 Å². The highest BCUT2D eigenvalue weighted by molar-refractivity contribution is 5.85. The molecule has 1 aromatic heterocycles. The quantitative estimate of drug-likeness (QED) is 0.734. The van der Waals surface area contributed by atoms with Gasteiger partial charge in [-0.05, 0) is 69.1 Å². The Hall–Kier alpha value is -2.31. The van der Waals surface area contributed by atoms with Crippen molar-refractivity contribution in [3.8, 4) is 17.4 Å². The topological polar surface area (TPSA) is 72.5 Å². The van der Waals surface area contributed by atoms with Crippen molar-refractivity contribution in [2.24, 2.45) is 5.92 Å². The molecule has 3 rings (SSSR count). The van der Waals surface area contributed by atoms with E-state index in [0.717, 1.165) is 30.7 Å². The number of rotatable bonds is 7. The number of nitrogens with one attached hydrogen (secondary N) is 2. The number of aromatic nitrogens is 1. The van der Waals surface area contributed by atoms with E-state index in [2.05, 4.69) is 22.5 Å². The van der Waals surface area contributed by atoms with Crippen molar-refractivity contribution in [1.29, 1.82) is 0 Å². The van der Waals surface area contributed by atoms with Crippen molar-refractivity contribution in [2.45, 2.75) is 39.3 Å². The number of pyridine rings is 1. The Labute approximate surface area is 172 Å². The normalized spacial score (nSPS) is 18.6. The summed E-state index contributed by atoms with van der Waals surface area (Å²) in [6, 6.07) is 11.5. The van der Waals surface area contributed by atoms with Crippen LogP contribution in [-0.2, 0) is 11.3 Å². The number of carbonyl (C=O) groups is 1. The van der Waals surface area contributed by atoms with E-state index < -0.39 is 0 Å². The van der Waals surface area contributed by atoms with Crippen LogP contribution in [0.4, 0.5) is 0 Å². The molecule has 2 heterocycles. The van der Waals surface area contributed by atoms with Gasteiger partial charge in [-0.2, -0.15) is 0 Å². The predicted molar refractivity (Wildman–Crippen MR) is 111 cm³/mol. The molecule has 0 radical (unpaired) electrons. The minimum atomic E-state index is 0. The lowest BCUT2D eigenvalue weighted by molar-refractivity contribution is -0.126. The monoisotopic (exact) mass is 405 g/mol. The van der Waals surface area contributed by atoms with E-state index in [-0.39, 0.29) is 24.2 Å². The third-order valence-corrected chi connectivity index (χ3v) is 4.62. The first-order valence-corrected chi connectivity index (χ1v) is 9.50. The zero-order chi connectivity index (χ0) is 19.1. The molecule has 1 aromatic carbocycles. The Balaban J connectivity index is 0.00000280. The minimum absolute atomic E-state index is 0. The first kappa shape index (κ1) is 22.0. The third kappa shape index (κ3) is 6.39. The number of benzene rings is 1. The van der Waals surface area contributed by atoms with Gasteiger partial charge in [0.2, 0.25) is 11.8 Å². The Kier molecular flexibility index (Phi) is 8.54. The second-order valence-electron chi connectivity index (χ2n) is 6.80. The standard InChI is InChI=1S/C21H27N3O3.ClH/c1-3-26-18-4-6-19(7-5-18)27-20-13-16(8-10-23-20)14-24-21(25)17-9-11-22-15(2)12-17;/h4-8,10,13,15,17,22H,3,9,11-12,14H2,1-2H3,(H,24,25);1H/t15-,17-;/m0./s1. The molecule has 0 saturated carbocycles. The van der Waals surface area contributed by atoms with Gasteiger partial charge in [0.15, 0.2) is 0 Å². The fraction of sp³-hybridized carbons (Fsp3) is 0.429. The van der Waals surface area contributed by atoms with Gasteiger partial charge in [-0.15, -0.1) is 12.4 Å². The summed E-state index contributed by atoms with van der Waals surface area (Å²) in [7, 11) is 0. The van der Waals surface area contributed by atoms with Crippen LogP contribution < -0.4 is 20.1 Å². The van der Waals surface area contributed by atoms with Crippen LogP contribution in [0.1, 0.15) is 32.3 Å². The van der Waals surface area contributed by atoms with Gasteiger partial charge in [0.25, 0.3) is 0 Å². The van der Waals surface area contributed by atoms with Gasteiger partial charge in [-0.25, -0.2) is 4.98 Å². The SMILES string of the molecule is CCOc1ccc(Oc2cc(CNC(=O)[C@H]3CCN[C@@H](C)C3)ccn2)cc1.Cl. The highest BCUT2D eigenvalue weighted by atomic mass is 35.5. The van der Waals surface area contributed by atoms with Crippen LogP contribution in [0.3, 0.4) is 0 Å². The predicted octanol–water partition coefficient (Wildman–Crippen LogP) is 3.70. The van der Waals surface area contributed by atoms with Crippen molar-refractivity contribution >= 4 is 18.3 Å². The molecular formula is C21H28ClN3O3. The number of hydrogen-bond acceptors (Lipinski definition) is 5. The first-order chi connectivity index (χ1) is 13.1. The van der Waals surface area contributed by atoms with Crippen LogP contribution in [-0.4, -0.2) is 30.1 Å². The summed E-state index contributed by atoms with van der Waals surface area (Å²) >= 11 is 0. The highest BCUT2D eigenvalue weighted by Gasteiger charge is 2.24. The largest absolute Gasteiger partial charge is 0.494 e. The average Bonchev–Trinajstić information content (AvgIpc) is 2.68. The molecular weight excluding hydrogens is 378 g/mol. The number of piperidine rings is 1. The number of carbonyl (C=O) groups excluding carboxylic acids is 1. The summed E-state index contributed by atoms with van der Waals surface area (Å²) < 4.78 is 11.2. The first-order valence-electron chi connectivity index (χ1n) is 9.50. The van der Waals surface area contributed by atoms with E-state index in [1.807, 2.05) is 43.3 Å². The molecule has 2 atom stereocenters. The van der Waals surface area contributed by atoms with Gasteiger partial charge in [0.05, 0.1) is 6.61 Å². The molecule has 28 heavy (non-hydrogen) atoms. The van der Waals surface area contributed by atoms with Gasteiger partial charge < -0.3 is 20.1 Å². The second kappa shape index (κ2) is 10.9. The molecule has 1 aliphatic heterocycles. The van der Waals surface area contributed by atoms with Crippen LogP contribution in [0.25, 0.3) is 0 Å². The lowest BCUT2D eigenvalue weighted by Crippen LogP contribution is -2.42. The van der Waals surface area contributed by atoms with E-state index in [1.165, 1.54) is 0 Å². The van der Waals surface area contributed by atoms with Crippen LogP contribution >= 0.6 is 12.4 Å². The van der Waals surface area contributed by atoms with Gasteiger partial charge >= 0.3 is 0 Å². The van der Waals surface area contributed by atoms with E-state index in [9.17, 15) is 4.79 Å². The summed E-state index contributed by atoms with van der Waals surface area (Å²) in [4.78, 5) is 16.6. The summed E-state index contributed by atoms with van der Waals surface area (Å²) in [5.74, 6) is 2.20. The third-order valence-electron chi connectivity index (χ3n) is 4.62. The molecule has 1 fully saturated rings. The highest BCUT2D eigenvalue weighted by Crippen LogP contribution is 2.23. The summed E-state index contributed by atoms with van der Waals surface area (Å²) in [5, 5.41) is 6.40. The minimum Gasteiger partial charge on any atom is -0.494 e. The Bertz CT molecular complexity index is 755. The van der Waals surface area contributed by atoms with E-state index in [0.29, 0.717) is 30.8 Å². The Morgan fingerprint density at radius 3 is 2.71 bits per heavy atom. The van der Waals surface area contributed by atoms with Crippen LogP contribution in [0.15, 0.2) is 42.6 Å². The molecule has 6 nitrogen and oxygen atoms in total. The molecule has 1 aliphatic rings. The van der Waals surface area contributed by atoms with Gasteiger partial charge in [-0.3, -0.25) is 4.79 Å². The Morgan fingerprint density at radius 2 is 2.00 bits per heavy atom. The number of ether oxygens (including phenoxy) is 2. The van der Waals surface area contributed by atoms with Crippen LogP contribution in [0, 0.1) is 5.92 Å². The van der Waals surface area contributed by atoms with Crippen LogP contribution in [0.2, 0.25) is 0 Å². The molecule has 0 bridgehead atoms. The van der Waals surface area contributed by atoms with Crippen molar-refractivity contribution in [1.82, 2.24) is 15.6 Å². The van der Waals surface area contributed by atoms with Gasteiger partial charge in [0, 0.05) is 30.8 Å². The van der Waals surface area contributed by atoms with Gasteiger partial charge in [0.1, 0.15) is 11.5 Å². The summed E-state index contributed by atoms with van der Waals surface area (Å²) in [6.07, 6.45) is 3.46. The average molecular weight is 406 g/mol. The molecule has 1 saturated heterocycles. The van der Waals surface area contributed by atoms with Crippen LogP contribution in [0.5, 0.6) is 17.4 Å².